The quantitative estimate of drug-likeness (QED) is 0.785. The number of rotatable bonds is 6. The van der Waals surface area contributed by atoms with Crippen molar-refractivity contribution in [1.82, 2.24) is 4.90 Å². The highest BCUT2D eigenvalue weighted by atomic mass is 16.4. The van der Waals surface area contributed by atoms with Crippen molar-refractivity contribution in [3.8, 4) is 0 Å². The number of nitrogens with zero attached hydrogens (tertiary/aromatic N) is 1. The molecule has 5 nitrogen and oxygen atoms in total. The van der Waals surface area contributed by atoms with Gasteiger partial charge in [-0.25, -0.2) is 0 Å². The van der Waals surface area contributed by atoms with Crippen LogP contribution in [0.25, 0.3) is 0 Å². The molecule has 0 aromatic heterocycles. The molecule has 3 atom stereocenters. The van der Waals surface area contributed by atoms with Crippen molar-refractivity contribution in [3.05, 3.63) is 0 Å². The third-order valence-electron chi connectivity index (χ3n) is 4.73. The van der Waals surface area contributed by atoms with Gasteiger partial charge in [0.15, 0.2) is 0 Å². The SMILES string of the molecule is C[C@@H]1CN(C(=O)CCC(CCN)C(C)(C)C)C[C@H]1C(=O)O. The van der Waals surface area contributed by atoms with Gasteiger partial charge < -0.3 is 15.7 Å². The Morgan fingerprint density at radius 2 is 1.90 bits per heavy atom. The largest absolute Gasteiger partial charge is 0.481 e. The fourth-order valence-corrected chi connectivity index (χ4v) is 3.16. The molecule has 1 aliphatic heterocycles. The van der Waals surface area contributed by atoms with Crippen LogP contribution in [-0.2, 0) is 9.59 Å². The summed E-state index contributed by atoms with van der Waals surface area (Å²) in [6.07, 6.45) is 2.23. The van der Waals surface area contributed by atoms with Crippen molar-refractivity contribution in [2.24, 2.45) is 28.9 Å². The second kappa shape index (κ2) is 7.25. The summed E-state index contributed by atoms with van der Waals surface area (Å²) >= 11 is 0. The molecule has 0 radical (unpaired) electrons. The Labute approximate surface area is 127 Å². The highest BCUT2D eigenvalue weighted by molar-refractivity contribution is 5.79. The van der Waals surface area contributed by atoms with E-state index in [9.17, 15) is 9.59 Å². The van der Waals surface area contributed by atoms with E-state index in [1.807, 2.05) is 6.92 Å². The summed E-state index contributed by atoms with van der Waals surface area (Å²) in [4.78, 5) is 25.1. The molecule has 0 aromatic rings. The zero-order valence-corrected chi connectivity index (χ0v) is 13.8. The van der Waals surface area contributed by atoms with Crippen molar-refractivity contribution in [3.63, 3.8) is 0 Å². The normalized spacial score (nSPS) is 24.1. The van der Waals surface area contributed by atoms with Crippen molar-refractivity contribution < 1.29 is 14.7 Å². The molecule has 1 saturated heterocycles. The average Bonchev–Trinajstić information content (AvgIpc) is 2.75. The highest BCUT2D eigenvalue weighted by Gasteiger charge is 2.37. The Morgan fingerprint density at radius 3 is 2.33 bits per heavy atom. The Balaban J connectivity index is 2.52. The third-order valence-corrected chi connectivity index (χ3v) is 4.73. The van der Waals surface area contributed by atoms with Gasteiger partial charge in [0.2, 0.25) is 5.91 Å². The number of hydrogen-bond acceptors (Lipinski definition) is 3. The first kappa shape index (κ1) is 18.0. The lowest BCUT2D eigenvalue weighted by molar-refractivity contribution is -0.142. The average molecular weight is 298 g/mol. The summed E-state index contributed by atoms with van der Waals surface area (Å²) in [6, 6.07) is 0. The molecule has 0 aliphatic carbocycles. The van der Waals surface area contributed by atoms with Crippen LogP contribution < -0.4 is 5.73 Å². The van der Waals surface area contributed by atoms with Crippen molar-refractivity contribution >= 4 is 11.9 Å². The van der Waals surface area contributed by atoms with Crippen LogP contribution in [0.1, 0.15) is 47.0 Å². The summed E-state index contributed by atoms with van der Waals surface area (Å²) < 4.78 is 0. The van der Waals surface area contributed by atoms with Gasteiger partial charge in [-0.2, -0.15) is 0 Å². The van der Waals surface area contributed by atoms with Crippen LogP contribution in [0.3, 0.4) is 0 Å². The lowest BCUT2D eigenvalue weighted by Crippen LogP contribution is -2.31. The summed E-state index contributed by atoms with van der Waals surface area (Å²) in [6.45, 7) is 9.98. The van der Waals surface area contributed by atoms with Gasteiger partial charge in [0, 0.05) is 19.5 Å². The molecular formula is C16H30N2O3. The van der Waals surface area contributed by atoms with E-state index < -0.39 is 11.9 Å². The molecule has 21 heavy (non-hydrogen) atoms. The number of carbonyl (C=O) groups is 2. The maximum absolute atomic E-state index is 12.3. The fourth-order valence-electron chi connectivity index (χ4n) is 3.16. The molecule has 3 N–H and O–H groups in total. The minimum atomic E-state index is -0.798. The van der Waals surface area contributed by atoms with Gasteiger partial charge >= 0.3 is 5.97 Å². The second-order valence-electron chi connectivity index (χ2n) is 7.40. The molecule has 1 rings (SSSR count). The predicted octanol–water partition coefficient (Wildman–Crippen LogP) is 1.96. The highest BCUT2D eigenvalue weighted by Crippen LogP contribution is 2.33. The Bertz CT molecular complexity index is 376. The van der Waals surface area contributed by atoms with Crippen molar-refractivity contribution in [2.45, 2.75) is 47.0 Å². The van der Waals surface area contributed by atoms with E-state index in [-0.39, 0.29) is 17.2 Å². The van der Waals surface area contributed by atoms with E-state index >= 15 is 0 Å². The number of amides is 1. The van der Waals surface area contributed by atoms with E-state index in [2.05, 4.69) is 20.8 Å². The summed E-state index contributed by atoms with van der Waals surface area (Å²) in [5.41, 5.74) is 5.80. The molecule has 1 aliphatic rings. The molecule has 0 spiro atoms. The summed E-state index contributed by atoms with van der Waals surface area (Å²) in [5, 5.41) is 9.13. The number of carboxylic acids is 1. The Kier molecular flexibility index (Phi) is 6.20. The zero-order valence-electron chi connectivity index (χ0n) is 13.8. The smallest absolute Gasteiger partial charge is 0.308 e. The number of carboxylic acid groups (broad SMARTS) is 1. The number of nitrogens with two attached hydrogens (primary N) is 1. The number of aliphatic carboxylic acids is 1. The molecule has 5 heteroatoms. The van der Waals surface area contributed by atoms with Gasteiger partial charge in [-0.15, -0.1) is 0 Å². The molecule has 1 amide bonds. The minimum absolute atomic E-state index is 0.0360. The van der Waals surface area contributed by atoms with Crippen LogP contribution in [0.2, 0.25) is 0 Å². The van der Waals surface area contributed by atoms with Crippen LogP contribution in [0.5, 0.6) is 0 Å². The molecule has 1 unspecified atom stereocenters. The van der Waals surface area contributed by atoms with Crippen LogP contribution in [0.15, 0.2) is 0 Å². The van der Waals surface area contributed by atoms with Gasteiger partial charge in [-0.1, -0.05) is 27.7 Å². The van der Waals surface area contributed by atoms with E-state index in [1.165, 1.54) is 0 Å². The van der Waals surface area contributed by atoms with Crippen LogP contribution in [-0.4, -0.2) is 41.5 Å². The Morgan fingerprint density at radius 1 is 1.29 bits per heavy atom. The van der Waals surface area contributed by atoms with E-state index in [4.69, 9.17) is 10.8 Å². The standard InChI is InChI=1S/C16H30N2O3/c1-11-9-18(10-13(11)15(20)21)14(19)6-5-12(7-8-17)16(2,3)4/h11-13H,5-10,17H2,1-4H3,(H,20,21)/t11-,12?,13-/m1/s1. The molecule has 1 fully saturated rings. The maximum atomic E-state index is 12.3. The number of carbonyl (C=O) groups excluding carboxylic acids is 1. The molecular weight excluding hydrogens is 268 g/mol. The van der Waals surface area contributed by atoms with E-state index in [1.54, 1.807) is 4.90 Å². The Hall–Kier alpha value is -1.10. The number of hydrogen-bond donors (Lipinski definition) is 2. The number of likely N-dealkylation sites (tertiary alicyclic amines) is 1. The molecule has 0 saturated carbocycles. The minimum Gasteiger partial charge on any atom is -0.481 e. The predicted molar refractivity (Wildman–Crippen MR) is 82.7 cm³/mol. The fraction of sp³-hybridized carbons (Fsp3) is 0.875. The van der Waals surface area contributed by atoms with Gasteiger partial charge in [0.05, 0.1) is 5.92 Å². The second-order valence-corrected chi connectivity index (χ2v) is 7.40. The van der Waals surface area contributed by atoms with E-state index in [0.717, 1.165) is 12.8 Å². The van der Waals surface area contributed by atoms with Crippen LogP contribution in [0.4, 0.5) is 0 Å². The summed E-state index contributed by atoms with van der Waals surface area (Å²) in [7, 11) is 0. The zero-order chi connectivity index (χ0) is 16.2. The van der Waals surface area contributed by atoms with Crippen molar-refractivity contribution in [1.29, 1.82) is 0 Å². The summed E-state index contributed by atoms with van der Waals surface area (Å²) in [5.74, 6) is -0.683. The van der Waals surface area contributed by atoms with Crippen LogP contribution >= 0.6 is 0 Å². The monoisotopic (exact) mass is 298 g/mol. The third kappa shape index (κ3) is 4.99. The van der Waals surface area contributed by atoms with Crippen LogP contribution in [0, 0.1) is 23.2 Å². The first-order chi connectivity index (χ1) is 9.66. The molecule has 0 bridgehead atoms. The maximum Gasteiger partial charge on any atom is 0.308 e. The van der Waals surface area contributed by atoms with Gasteiger partial charge in [0.25, 0.3) is 0 Å². The molecule has 122 valence electrons. The lowest BCUT2D eigenvalue weighted by atomic mass is 9.76. The van der Waals surface area contributed by atoms with Gasteiger partial charge in [-0.05, 0) is 36.6 Å². The first-order valence-electron chi connectivity index (χ1n) is 7.87. The first-order valence-corrected chi connectivity index (χ1v) is 7.87. The van der Waals surface area contributed by atoms with E-state index in [0.29, 0.717) is 32.0 Å². The van der Waals surface area contributed by atoms with Gasteiger partial charge in [0.1, 0.15) is 0 Å². The molecule has 0 aromatic carbocycles. The topological polar surface area (TPSA) is 83.6 Å². The van der Waals surface area contributed by atoms with Crippen molar-refractivity contribution in [2.75, 3.05) is 19.6 Å². The van der Waals surface area contributed by atoms with Gasteiger partial charge in [-0.3, -0.25) is 9.59 Å². The molecule has 1 heterocycles. The lowest BCUT2D eigenvalue weighted by Gasteiger charge is -2.31.